The summed E-state index contributed by atoms with van der Waals surface area (Å²) in [4.78, 5) is 93.6. The van der Waals surface area contributed by atoms with Crippen LogP contribution in [0.25, 0.3) is 11.1 Å². The number of amides is 7. The van der Waals surface area contributed by atoms with Gasteiger partial charge in [-0.3, -0.25) is 33.6 Å². The van der Waals surface area contributed by atoms with Gasteiger partial charge in [-0.25, -0.2) is 0 Å². The number of aliphatic hydroxyl groups excluding tert-OH is 1. The molecule has 6 rings (SSSR count). The van der Waals surface area contributed by atoms with E-state index in [1.54, 1.807) is 19.1 Å². The van der Waals surface area contributed by atoms with Gasteiger partial charge in [-0.15, -0.1) is 0 Å². The summed E-state index contributed by atoms with van der Waals surface area (Å²) in [6, 6.07) is 11.2. The molecular formula is C49H74BN9O10. The Kier molecular flexibility index (Phi) is 18.9. The molecular weight excluding hydrogens is 885 g/mol. The number of carbonyl (C=O) groups is 7. The molecule has 2 aromatic carbocycles. The van der Waals surface area contributed by atoms with Gasteiger partial charge in [-0.05, 0) is 118 Å². The second-order valence-electron chi connectivity index (χ2n) is 19.8. The van der Waals surface area contributed by atoms with Crippen molar-refractivity contribution in [3.05, 3.63) is 59.7 Å². The van der Waals surface area contributed by atoms with Crippen LogP contribution < -0.4 is 43.8 Å². The van der Waals surface area contributed by atoms with E-state index in [9.17, 15) is 38.7 Å². The highest BCUT2D eigenvalue weighted by molar-refractivity contribution is 6.47. The summed E-state index contributed by atoms with van der Waals surface area (Å²) in [5.74, 6) is -5.31. The van der Waals surface area contributed by atoms with E-state index < -0.39 is 90.9 Å². The van der Waals surface area contributed by atoms with Crippen LogP contribution in [0.3, 0.4) is 0 Å². The normalized spacial score (nSPS) is 22.5. The summed E-state index contributed by atoms with van der Waals surface area (Å²) < 4.78 is 12.7. The number of nitrogens with one attached hydrogen (secondary N) is 5. The summed E-state index contributed by atoms with van der Waals surface area (Å²) in [6.45, 7) is 11.9. The Balaban J connectivity index is 1.13. The first-order valence-corrected chi connectivity index (χ1v) is 24.3. The highest BCUT2D eigenvalue weighted by Crippen LogP contribution is 2.65. The van der Waals surface area contributed by atoms with Gasteiger partial charge in [0.05, 0.1) is 30.2 Å². The lowest BCUT2D eigenvalue weighted by Gasteiger charge is -2.64. The number of nitrogens with zero attached hydrogens (tertiary/aromatic N) is 1. The molecule has 2 aromatic rings. The molecule has 378 valence electrons. The van der Waals surface area contributed by atoms with Crippen LogP contribution in [0.1, 0.15) is 115 Å². The number of aliphatic hydroxyl groups is 1. The Hall–Kier alpha value is -5.41. The number of aryl methyl sites for hydroxylation is 1. The highest BCUT2D eigenvalue weighted by Gasteiger charge is 2.68. The predicted octanol–water partition coefficient (Wildman–Crippen LogP) is 1.17. The number of rotatable bonds is 25. The molecule has 12 N–H and O–H groups in total. The number of primary amides is 1. The molecule has 10 atom stereocenters. The molecule has 0 spiro atoms. The zero-order valence-electron chi connectivity index (χ0n) is 41.2. The lowest BCUT2D eigenvalue weighted by atomic mass is 9.43. The van der Waals surface area contributed by atoms with Gasteiger partial charge in [0, 0.05) is 25.6 Å². The lowest BCUT2D eigenvalue weighted by Crippen LogP contribution is -2.65. The summed E-state index contributed by atoms with van der Waals surface area (Å²) in [5.41, 5.74) is 20.5. The van der Waals surface area contributed by atoms with Gasteiger partial charge in [0.25, 0.3) is 11.8 Å². The van der Waals surface area contributed by atoms with E-state index in [0.29, 0.717) is 30.9 Å². The van der Waals surface area contributed by atoms with Crippen LogP contribution in [0, 0.1) is 17.3 Å². The van der Waals surface area contributed by atoms with Crippen molar-refractivity contribution in [1.82, 2.24) is 31.5 Å². The van der Waals surface area contributed by atoms with Crippen LogP contribution in [0.5, 0.6) is 0 Å². The fraction of sp³-hybridized carbons (Fsp3) is 0.612. The largest absolute Gasteiger partial charge is 0.481 e. The zero-order valence-corrected chi connectivity index (χ0v) is 41.2. The van der Waals surface area contributed by atoms with Crippen LogP contribution in [0.2, 0.25) is 0 Å². The van der Waals surface area contributed by atoms with E-state index in [2.05, 4.69) is 71.6 Å². The Morgan fingerprint density at radius 1 is 0.855 bits per heavy atom. The molecule has 3 aliphatic carbocycles. The van der Waals surface area contributed by atoms with E-state index in [1.165, 1.54) is 19.5 Å². The van der Waals surface area contributed by atoms with E-state index in [0.717, 1.165) is 48.1 Å². The molecule has 19 nitrogen and oxygen atoms in total. The minimum atomic E-state index is -1.82. The molecule has 4 aliphatic rings. The molecule has 1 unspecified atom stereocenters. The Morgan fingerprint density at radius 3 is 2.10 bits per heavy atom. The third-order valence-electron chi connectivity index (χ3n) is 14.3. The number of nitrogens with two attached hydrogens (primary N) is 3. The highest BCUT2D eigenvalue weighted by atomic mass is 16.7. The first-order valence-electron chi connectivity index (χ1n) is 24.3. The van der Waals surface area contributed by atoms with E-state index in [4.69, 9.17) is 26.5 Å². The maximum atomic E-state index is 13.9. The molecule has 2 bridgehead atoms. The van der Waals surface area contributed by atoms with Gasteiger partial charge in [0.2, 0.25) is 29.5 Å². The number of benzene rings is 2. The molecule has 20 heteroatoms. The number of likely N-dealkylation sites (N-methyl/N-ethyl adjacent to an activating group) is 1. The number of hydrogen-bond acceptors (Lipinski definition) is 12. The third kappa shape index (κ3) is 13.5. The smallest absolute Gasteiger partial charge is 0.404 e. The average molecular weight is 960 g/mol. The van der Waals surface area contributed by atoms with Crippen molar-refractivity contribution in [3.63, 3.8) is 0 Å². The standard InChI is InChI=1S/C49H74BN9O10/c1-8-9-12-30-14-16-31(17-15-30)32-18-20-33(21-19-32)43(63)54-24-22-40(62)56-35(13-10-11-23-51)47(67)59(7)41(28(2)60)45(65)58-42(53)46(66)57-36(27-39(52)61)44(64)55-29(3)50-68-38-26-34-25-37(48(34,4)5)49(38,6)69-50/h14-21,28-29,34-38,41-42,60H,8-13,22-27,51,53H2,1-7H3,(H2,52,61)(H,54,63)(H,55,64)(H,56,62)(H,57,66)(H,58,65)/t28-,29+,34+,35+,36+,37+,38?,41+,42-,49+/m1/s1. The average Bonchev–Trinajstić information content (AvgIpc) is 3.67. The van der Waals surface area contributed by atoms with Gasteiger partial charge in [0.15, 0.2) is 6.17 Å². The van der Waals surface area contributed by atoms with Crippen molar-refractivity contribution in [2.75, 3.05) is 20.1 Å². The molecule has 4 fully saturated rings. The van der Waals surface area contributed by atoms with Gasteiger partial charge >= 0.3 is 7.12 Å². The molecule has 0 radical (unpaired) electrons. The topological polar surface area (TPSA) is 300 Å². The van der Waals surface area contributed by atoms with Crippen LogP contribution in [-0.4, -0.2) is 127 Å². The van der Waals surface area contributed by atoms with E-state index >= 15 is 0 Å². The molecule has 7 amide bonds. The fourth-order valence-corrected chi connectivity index (χ4v) is 10.1. The molecule has 1 heterocycles. The summed E-state index contributed by atoms with van der Waals surface area (Å²) in [7, 11) is 0.468. The van der Waals surface area contributed by atoms with Gasteiger partial charge in [-0.2, -0.15) is 0 Å². The number of hydrogen-bond donors (Lipinski definition) is 9. The zero-order chi connectivity index (χ0) is 50.8. The number of carbonyl (C=O) groups excluding carboxylic acids is 7. The van der Waals surface area contributed by atoms with Crippen LogP contribution in [0.4, 0.5) is 0 Å². The van der Waals surface area contributed by atoms with Crippen molar-refractivity contribution >= 4 is 48.5 Å². The Bertz CT molecular complexity index is 2140. The van der Waals surface area contributed by atoms with Crippen molar-refractivity contribution < 1.29 is 48.0 Å². The first-order chi connectivity index (χ1) is 32.6. The van der Waals surface area contributed by atoms with Gasteiger partial charge in [-0.1, -0.05) is 63.6 Å². The SMILES string of the molecule is CCCCc1ccc(-c2ccc(C(=O)NCCC(=O)N[C@@H](CCCCN)C(=O)N(C)[C@H](C(=O)N[C@@H](N)C(=O)N[C@@H](CC(N)=O)C(=O)N[C@@H](C)B3OC4C[C@@H]5C[C@@H](C5(C)C)[C@]4(C)O3)[C@@H](C)O)cc2)cc1. The molecule has 1 saturated heterocycles. The third-order valence-corrected chi connectivity index (χ3v) is 14.3. The second-order valence-corrected chi connectivity index (χ2v) is 19.8. The monoisotopic (exact) mass is 960 g/mol. The fourth-order valence-electron chi connectivity index (χ4n) is 10.1. The predicted molar refractivity (Wildman–Crippen MR) is 260 cm³/mol. The van der Waals surface area contributed by atoms with Gasteiger partial charge in [0.1, 0.15) is 18.1 Å². The van der Waals surface area contributed by atoms with Crippen LogP contribution >= 0.6 is 0 Å². The first kappa shape index (κ1) is 54.5. The van der Waals surface area contributed by atoms with Crippen molar-refractivity contribution in [3.8, 4) is 11.1 Å². The Morgan fingerprint density at radius 2 is 1.51 bits per heavy atom. The minimum Gasteiger partial charge on any atom is -0.404 e. The lowest BCUT2D eigenvalue weighted by molar-refractivity contribution is -0.199. The van der Waals surface area contributed by atoms with E-state index in [-0.39, 0.29) is 42.7 Å². The van der Waals surface area contributed by atoms with Crippen LogP contribution in [-0.2, 0) is 44.5 Å². The van der Waals surface area contributed by atoms with Gasteiger partial charge < -0.3 is 63.1 Å². The van der Waals surface area contributed by atoms with Crippen LogP contribution in [0.15, 0.2) is 48.5 Å². The van der Waals surface area contributed by atoms with Crippen molar-refractivity contribution in [2.45, 2.75) is 154 Å². The van der Waals surface area contributed by atoms with E-state index in [1.807, 2.05) is 19.1 Å². The molecule has 0 aromatic heterocycles. The van der Waals surface area contributed by atoms with Crippen molar-refractivity contribution in [2.24, 2.45) is 34.5 Å². The second kappa shape index (κ2) is 23.9. The quantitative estimate of drug-likeness (QED) is 0.0385. The minimum absolute atomic E-state index is 0.0343. The maximum absolute atomic E-state index is 13.9. The molecule has 1 aliphatic heterocycles. The summed E-state index contributed by atoms with van der Waals surface area (Å²) >= 11 is 0. The van der Waals surface area contributed by atoms with Crippen molar-refractivity contribution in [1.29, 1.82) is 0 Å². The summed E-state index contributed by atoms with van der Waals surface area (Å²) in [5, 5.41) is 23.6. The molecule has 3 saturated carbocycles. The Labute approximate surface area is 406 Å². The molecule has 69 heavy (non-hydrogen) atoms. The maximum Gasteiger partial charge on any atom is 0.481 e. The number of unbranched alkanes of at least 4 members (excludes halogenated alkanes) is 2. The summed E-state index contributed by atoms with van der Waals surface area (Å²) in [6.07, 6.45) is 2.04.